The number of carbonyl (C=O) groups is 2. The first-order chi connectivity index (χ1) is 12.4. The summed E-state index contributed by atoms with van der Waals surface area (Å²) in [6.45, 7) is 5.23. The van der Waals surface area contributed by atoms with E-state index in [4.69, 9.17) is 9.47 Å². The lowest BCUT2D eigenvalue weighted by molar-refractivity contribution is -0.385. The van der Waals surface area contributed by atoms with Gasteiger partial charge in [-0.05, 0) is 20.8 Å². The molecular formula is C18H20N2O6. The minimum Gasteiger partial charge on any atom is -0.463 e. The first kappa shape index (κ1) is 19.2. The van der Waals surface area contributed by atoms with Gasteiger partial charge < -0.3 is 14.8 Å². The molecule has 0 saturated heterocycles. The zero-order valence-corrected chi connectivity index (χ0v) is 14.8. The zero-order chi connectivity index (χ0) is 19.3. The number of nitrogens with zero attached hydrogens (tertiary/aromatic N) is 1. The van der Waals surface area contributed by atoms with Gasteiger partial charge in [0.25, 0.3) is 5.69 Å². The van der Waals surface area contributed by atoms with E-state index in [1.807, 2.05) is 0 Å². The van der Waals surface area contributed by atoms with Gasteiger partial charge in [0.15, 0.2) is 0 Å². The first-order valence-corrected chi connectivity index (χ1v) is 8.17. The molecule has 0 amide bonds. The van der Waals surface area contributed by atoms with Crippen LogP contribution in [0.25, 0.3) is 0 Å². The highest BCUT2D eigenvalue weighted by Gasteiger charge is 2.39. The second-order valence-electron chi connectivity index (χ2n) is 5.47. The van der Waals surface area contributed by atoms with E-state index in [0.717, 1.165) is 0 Å². The Morgan fingerprint density at radius 3 is 2.38 bits per heavy atom. The highest BCUT2D eigenvalue weighted by atomic mass is 16.6. The van der Waals surface area contributed by atoms with Crippen molar-refractivity contribution in [2.45, 2.75) is 26.7 Å². The molecule has 0 saturated carbocycles. The maximum Gasteiger partial charge on any atom is 0.336 e. The van der Waals surface area contributed by atoms with E-state index in [1.165, 1.54) is 24.4 Å². The molecule has 0 fully saturated rings. The van der Waals surface area contributed by atoms with Gasteiger partial charge in [0.05, 0.1) is 35.2 Å². The quantitative estimate of drug-likeness (QED) is 0.472. The van der Waals surface area contributed by atoms with Gasteiger partial charge in [0.1, 0.15) is 0 Å². The molecule has 8 nitrogen and oxygen atoms in total. The van der Waals surface area contributed by atoms with Gasteiger partial charge in [-0.1, -0.05) is 18.2 Å². The van der Waals surface area contributed by atoms with E-state index in [2.05, 4.69) is 5.32 Å². The van der Waals surface area contributed by atoms with Crippen LogP contribution in [0.5, 0.6) is 0 Å². The number of nitro groups is 1. The molecule has 0 bridgehead atoms. The molecule has 1 aromatic carbocycles. The summed E-state index contributed by atoms with van der Waals surface area (Å²) in [5, 5.41) is 14.3. The normalized spacial score (nSPS) is 16.4. The Balaban J connectivity index is 2.66. The second kappa shape index (κ2) is 8.28. The summed E-state index contributed by atoms with van der Waals surface area (Å²) in [6.07, 6.45) is 1.41. The first-order valence-electron chi connectivity index (χ1n) is 8.17. The smallest absolute Gasteiger partial charge is 0.336 e. The third-order valence-electron chi connectivity index (χ3n) is 3.90. The lowest BCUT2D eigenvalue weighted by atomic mass is 9.81. The fraction of sp³-hybridized carbons (Fsp3) is 0.333. The van der Waals surface area contributed by atoms with Crippen molar-refractivity contribution in [2.75, 3.05) is 13.2 Å². The molecule has 1 unspecified atom stereocenters. The number of nitro benzene ring substituents is 1. The van der Waals surface area contributed by atoms with Crippen LogP contribution in [0, 0.1) is 10.1 Å². The number of dihydropyridines is 1. The van der Waals surface area contributed by atoms with E-state index < -0.39 is 22.8 Å². The summed E-state index contributed by atoms with van der Waals surface area (Å²) in [7, 11) is 0. The van der Waals surface area contributed by atoms with Gasteiger partial charge in [-0.15, -0.1) is 0 Å². The molecular weight excluding hydrogens is 340 g/mol. The maximum atomic E-state index is 12.5. The Hall–Kier alpha value is -3.16. The third-order valence-corrected chi connectivity index (χ3v) is 3.90. The number of hydrogen-bond donors (Lipinski definition) is 1. The summed E-state index contributed by atoms with van der Waals surface area (Å²) in [4.78, 5) is 35.9. The Kier molecular flexibility index (Phi) is 6.11. The number of rotatable bonds is 6. The fourth-order valence-electron chi connectivity index (χ4n) is 2.81. The van der Waals surface area contributed by atoms with Crippen LogP contribution in [-0.2, 0) is 19.1 Å². The topological polar surface area (TPSA) is 108 Å². The standard InChI is InChI=1S/C18H20N2O6/c1-4-25-17(21)13-10-19-11(3)15(18(22)26-5-2)16(13)12-8-6-7-9-14(12)20(23)24/h6-10,16,19H,4-5H2,1-3H3. The Morgan fingerprint density at radius 2 is 1.77 bits per heavy atom. The van der Waals surface area contributed by atoms with Gasteiger partial charge in [0.2, 0.25) is 0 Å². The van der Waals surface area contributed by atoms with Crippen LogP contribution >= 0.6 is 0 Å². The number of ether oxygens (including phenoxy) is 2. The molecule has 26 heavy (non-hydrogen) atoms. The molecule has 0 radical (unpaired) electrons. The Morgan fingerprint density at radius 1 is 1.15 bits per heavy atom. The monoisotopic (exact) mass is 360 g/mol. The number of para-hydroxylation sites is 1. The molecule has 1 heterocycles. The third kappa shape index (κ3) is 3.74. The summed E-state index contributed by atoms with van der Waals surface area (Å²) in [5.74, 6) is -2.26. The zero-order valence-electron chi connectivity index (χ0n) is 14.8. The van der Waals surface area contributed by atoms with E-state index in [-0.39, 0.29) is 35.6 Å². The van der Waals surface area contributed by atoms with Crippen LogP contribution in [0.15, 0.2) is 47.3 Å². The predicted octanol–water partition coefficient (Wildman–Crippen LogP) is 2.57. The maximum absolute atomic E-state index is 12.5. The number of esters is 2. The molecule has 1 aliphatic heterocycles. The highest BCUT2D eigenvalue weighted by molar-refractivity contribution is 5.99. The Bertz CT molecular complexity index is 797. The van der Waals surface area contributed by atoms with Gasteiger partial charge in [-0.25, -0.2) is 9.59 Å². The van der Waals surface area contributed by atoms with Crippen molar-refractivity contribution in [3.05, 3.63) is 63.0 Å². The van der Waals surface area contributed by atoms with Crippen molar-refractivity contribution in [3.8, 4) is 0 Å². The van der Waals surface area contributed by atoms with Crippen molar-refractivity contribution in [1.82, 2.24) is 5.32 Å². The summed E-state index contributed by atoms with van der Waals surface area (Å²) in [5.41, 5.74) is 0.742. The van der Waals surface area contributed by atoms with Gasteiger partial charge in [-0.2, -0.15) is 0 Å². The van der Waals surface area contributed by atoms with Crippen molar-refractivity contribution < 1.29 is 24.0 Å². The molecule has 1 N–H and O–H groups in total. The van der Waals surface area contributed by atoms with E-state index in [0.29, 0.717) is 5.70 Å². The lowest BCUT2D eigenvalue weighted by Crippen LogP contribution is -2.30. The van der Waals surface area contributed by atoms with Crippen LogP contribution in [0.2, 0.25) is 0 Å². The minimum absolute atomic E-state index is 0.106. The largest absolute Gasteiger partial charge is 0.463 e. The minimum atomic E-state index is -0.962. The molecule has 8 heteroatoms. The molecule has 0 aliphatic carbocycles. The molecule has 0 spiro atoms. The number of carbonyl (C=O) groups excluding carboxylic acids is 2. The highest BCUT2D eigenvalue weighted by Crippen LogP contribution is 2.40. The van der Waals surface area contributed by atoms with Crippen molar-refractivity contribution >= 4 is 17.6 Å². The van der Waals surface area contributed by atoms with Gasteiger partial charge in [0, 0.05) is 23.5 Å². The van der Waals surface area contributed by atoms with Crippen LogP contribution in [0.3, 0.4) is 0 Å². The Labute approximate surface area is 150 Å². The number of benzene rings is 1. The van der Waals surface area contributed by atoms with Crippen molar-refractivity contribution in [3.63, 3.8) is 0 Å². The second-order valence-corrected chi connectivity index (χ2v) is 5.47. The fourth-order valence-corrected chi connectivity index (χ4v) is 2.81. The predicted molar refractivity (Wildman–Crippen MR) is 93.0 cm³/mol. The van der Waals surface area contributed by atoms with Gasteiger partial charge >= 0.3 is 11.9 Å². The van der Waals surface area contributed by atoms with Gasteiger partial charge in [-0.3, -0.25) is 10.1 Å². The summed E-state index contributed by atoms with van der Waals surface area (Å²) < 4.78 is 10.2. The number of nitrogens with one attached hydrogen (secondary N) is 1. The van der Waals surface area contributed by atoms with E-state index in [9.17, 15) is 19.7 Å². The summed E-state index contributed by atoms with van der Waals surface area (Å²) >= 11 is 0. The van der Waals surface area contributed by atoms with Crippen LogP contribution in [-0.4, -0.2) is 30.1 Å². The molecule has 0 aromatic heterocycles. The van der Waals surface area contributed by atoms with E-state index in [1.54, 1.807) is 26.8 Å². The molecule has 1 aromatic rings. The molecule has 138 valence electrons. The van der Waals surface area contributed by atoms with Crippen molar-refractivity contribution in [2.24, 2.45) is 0 Å². The summed E-state index contributed by atoms with van der Waals surface area (Å²) in [6, 6.07) is 5.99. The SMILES string of the molecule is CCOC(=O)C1=CNC(C)=C(C(=O)OCC)C1c1ccccc1[N+](=O)[O-]. The molecule has 2 rings (SSSR count). The molecule has 1 atom stereocenters. The van der Waals surface area contributed by atoms with Crippen LogP contribution in [0.1, 0.15) is 32.3 Å². The lowest BCUT2D eigenvalue weighted by Gasteiger charge is -2.27. The van der Waals surface area contributed by atoms with Crippen LogP contribution < -0.4 is 5.32 Å². The van der Waals surface area contributed by atoms with E-state index >= 15 is 0 Å². The number of allylic oxidation sites excluding steroid dienone is 1. The molecule has 1 aliphatic rings. The number of hydrogen-bond acceptors (Lipinski definition) is 7. The van der Waals surface area contributed by atoms with Crippen LogP contribution in [0.4, 0.5) is 5.69 Å². The van der Waals surface area contributed by atoms with Crippen molar-refractivity contribution in [1.29, 1.82) is 0 Å². The average Bonchev–Trinajstić information content (AvgIpc) is 2.61. The average molecular weight is 360 g/mol.